The first-order valence-corrected chi connectivity index (χ1v) is 10.7. The number of carbonyl (C=O) groups is 1. The molecule has 0 aliphatic carbocycles. The highest BCUT2D eigenvalue weighted by atomic mass is 16.5. The molecule has 0 N–H and O–H groups in total. The van der Waals surface area contributed by atoms with Gasteiger partial charge >= 0.3 is 0 Å². The Bertz CT molecular complexity index is 1100. The summed E-state index contributed by atoms with van der Waals surface area (Å²) in [6.45, 7) is 7.15. The molecule has 3 heterocycles. The van der Waals surface area contributed by atoms with Gasteiger partial charge in [-0.05, 0) is 37.1 Å². The van der Waals surface area contributed by atoms with Crippen LogP contribution in [0.2, 0.25) is 0 Å². The topological polar surface area (TPSA) is 69.0 Å². The van der Waals surface area contributed by atoms with Crippen molar-refractivity contribution >= 4 is 11.6 Å². The predicted molar refractivity (Wildman–Crippen MR) is 119 cm³/mol. The van der Waals surface area contributed by atoms with Crippen molar-refractivity contribution in [3.05, 3.63) is 53.5 Å². The van der Waals surface area contributed by atoms with Crippen molar-refractivity contribution in [1.82, 2.24) is 19.5 Å². The summed E-state index contributed by atoms with van der Waals surface area (Å²) in [7, 11) is 3.24. The Morgan fingerprint density at radius 3 is 2.68 bits per heavy atom. The molecule has 0 saturated carbocycles. The number of rotatable bonds is 5. The summed E-state index contributed by atoms with van der Waals surface area (Å²) in [5, 5.41) is 4.84. The number of benzene rings is 1. The molecule has 1 aliphatic heterocycles. The fourth-order valence-electron chi connectivity index (χ4n) is 4.19. The first-order chi connectivity index (χ1) is 14.8. The molecule has 7 heteroatoms. The molecule has 2 aromatic heterocycles. The molecular formula is C24H30N4O3. The van der Waals surface area contributed by atoms with Crippen LogP contribution in [0, 0.1) is 0 Å². The first kappa shape index (κ1) is 21.2. The third-order valence-corrected chi connectivity index (χ3v) is 5.90. The van der Waals surface area contributed by atoms with Crippen LogP contribution in [0.5, 0.6) is 11.5 Å². The van der Waals surface area contributed by atoms with Crippen molar-refractivity contribution < 1.29 is 14.3 Å². The van der Waals surface area contributed by atoms with Crippen LogP contribution < -0.4 is 9.47 Å². The van der Waals surface area contributed by atoms with Crippen molar-refractivity contribution in [2.75, 3.05) is 20.8 Å². The molecule has 1 aromatic carbocycles. The molecule has 1 saturated heterocycles. The Morgan fingerprint density at radius 2 is 1.97 bits per heavy atom. The highest BCUT2D eigenvalue weighted by molar-refractivity contribution is 5.80. The maximum Gasteiger partial charge on any atom is 0.227 e. The number of methoxy groups -OCH3 is 2. The Morgan fingerprint density at radius 1 is 1.16 bits per heavy atom. The van der Waals surface area contributed by atoms with Crippen molar-refractivity contribution in [2.24, 2.45) is 0 Å². The van der Waals surface area contributed by atoms with E-state index in [0.29, 0.717) is 11.5 Å². The number of carbonyl (C=O) groups excluding carboxylic acids is 1. The zero-order valence-corrected chi connectivity index (χ0v) is 18.9. The van der Waals surface area contributed by atoms with Crippen LogP contribution in [-0.4, -0.2) is 46.2 Å². The van der Waals surface area contributed by atoms with Gasteiger partial charge in [-0.15, -0.1) is 0 Å². The molecule has 31 heavy (non-hydrogen) atoms. The number of aromatic nitrogens is 3. The van der Waals surface area contributed by atoms with Gasteiger partial charge in [-0.1, -0.05) is 20.8 Å². The number of hydrogen-bond acceptors (Lipinski definition) is 5. The Kier molecular flexibility index (Phi) is 5.60. The van der Waals surface area contributed by atoms with Gasteiger partial charge in [0.1, 0.15) is 11.5 Å². The Labute approximate surface area is 183 Å². The number of amides is 1. The fraction of sp³-hybridized carbons (Fsp3) is 0.458. The third kappa shape index (κ3) is 4.09. The molecule has 0 bridgehead atoms. The van der Waals surface area contributed by atoms with Crippen LogP contribution in [0.25, 0.3) is 5.65 Å². The SMILES string of the molecule is COc1ccc(OC)c(CC(=O)N2CCCC2c2ccnc3cc(C(C)(C)C)nn23)c1. The standard InChI is InChI=1S/C24H30N4O3/c1-24(2,3)21-15-22-25-11-10-19(28(22)26-21)18-7-6-12-27(18)23(29)14-16-13-17(30-4)8-9-20(16)31-5/h8-11,13,15,18H,6-7,12,14H2,1-5H3. The molecule has 164 valence electrons. The summed E-state index contributed by atoms with van der Waals surface area (Å²) < 4.78 is 12.7. The van der Waals surface area contributed by atoms with Gasteiger partial charge in [0.15, 0.2) is 5.65 Å². The van der Waals surface area contributed by atoms with Crippen LogP contribution >= 0.6 is 0 Å². The van der Waals surface area contributed by atoms with E-state index >= 15 is 0 Å². The molecule has 1 fully saturated rings. The number of fused-ring (bicyclic) bond motifs is 1. The average Bonchev–Trinajstić information content (AvgIpc) is 3.40. The Hall–Kier alpha value is -3.09. The van der Waals surface area contributed by atoms with E-state index in [1.807, 2.05) is 45.9 Å². The van der Waals surface area contributed by atoms with Crippen LogP contribution in [0.4, 0.5) is 0 Å². The van der Waals surface area contributed by atoms with E-state index in [4.69, 9.17) is 14.6 Å². The lowest BCUT2D eigenvalue weighted by atomic mass is 9.93. The molecule has 1 atom stereocenters. The van der Waals surface area contributed by atoms with Crippen molar-refractivity contribution in [3.8, 4) is 11.5 Å². The zero-order chi connectivity index (χ0) is 22.2. The molecule has 1 amide bonds. The van der Waals surface area contributed by atoms with Gasteiger partial charge in [0.05, 0.1) is 38.1 Å². The second kappa shape index (κ2) is 8.21. The van der Waals surface area contributed by atoms with Crippen LogP contribution in [-0.2, 0) is 16.6 Å². The fourth-order valence-corrected chi connectivity index (χ4v) is 4.19. The predicted octanol–water partition coefficient (Wildman–Crippen LogP) is 3.95. The normalized spacial score (nSPS) is 16.7. The summed E-state index contributed by atoms with van der Waals surface area (Å²) in [5.74, 6) is 1.48. The molecule has 1 aliphatic rings. The molecular weight excluding hydrogens is 392 g/mol. The minimum absolute atomic E-state index is 0.0256. The van der Waals surface area contributed by atoms with E-state index in [2.05, 4.69) is 25.8 Å². The maximum absolute atomic E-state index is 13.4. The lowest BCUT2D eigenvalue weighted by Gasteiger charge is -2.26. The Balaban J connectivity index is 1.64. The second-order valence-corrected chi connectivity index (χ2v) is 9.02. The summed E-state index contributed by atoms with van der Waals surface area (Å²) in [6, 6.07) is 9.54. The summed E-state index contributed by atoms with van der Waals surface area (Å²) in [4.78, 5) is 19.8. The average molecular weight is 423 g/mol. The van der Waals surface area contributed by atoms with Gasteiger partial charge in [0.2, 0.25) is 5.91 Å². The number of nitrogens with zero attached hydrogens (tertiary/aromatic N) is 4. The van der Waals surface area contributed by atoms with Crippen molar-refractivity contribution in [1.29, 1.82) is 0 Å². The van der Waals surface area contributed by atoms with Gasteiger partial charge in [0, 0.05) is 29.8 Å². The highest BCUT2D eigenvalue weighted by Gasteiger charge is 2.32. The molecule has 0 radical (unpaired) electrons. The first-order valence-electron chi connectivity index (χ1n) is 10.7. The van der Waals surface area contributed by atoms with Crippen LogP contribution in [0.1, 0.15) is 56.6 Å². The van der Waals surface area contributed by atoms with Crippen LogP contribution in [0.3, 0.4) is 0 Å². The van der Waals surface area contributed by atoms with E-state index in [1.54, 1.807) is 14.2 Å². The lowest BCUT2D eigenvalue weighted by molar-refractivity contribution is -0.131. The molecule has 0 spiro atoms. The summed E-state index contributed by atoms with van der Waals surface area (Å²) in [6.07, 6.45) is 3.94. The molecule has 3 aromatic rings. The minimum Gasteiger partial charge on any atom is -0.497 e. The van der Waals surface area contributed by atoms with Gasteiger partial charge in [0.25, 0.3) is 0 Å². The molecule has 4 rings (SSSR count). The van der Waals surface area contributed by atoms with E-state index in [1.165, 1.54) is 0 Å². The number of ether oxygens (including phenoxy) is 2. The highest BCUT2D eigenvalue weighted by Crippen LogP contribution is 2.34. The number of hydrogen-bond donors (Lipinski definition) is 0. The largest absolute Gasteiger partial charge is 0.497 e. The van der Waals surface area contributed by atoms with E-state index in [9.17, 15) is 4.79 Å². The summed E-state index contributed by atoms with van der Waals surface area (Å²) in [5.41, 5.74) is 3.56. The van der Waals surface area contributed by atoms with Gasteiger partial charge in [-0.3, -0.25) is 4.79 Å². The van der Waals surface area contributed by atoms with Gasteiger partial charge in [-0.25, -0.2) is 9.50 Å². The van der Waals surface area contributed by atoms with E-state index in [0.717, 1.165) is 42.0 Å². The monoisotopic (exact) mass is 422 g/mol. The number of likely N-dealkylation sites (tertiary alicyclic amines) is 1. The molecule has 1 unspecified atom stereocenters. The molecule has 7 nitrogen and oxygen atoms in total. The minimum atomic E-state index is -0.0704. The van der Waals surface area contributed by atoms with Crippen molar-refractivity contribution in [2.45, 2.75) is 51.5 Å². The maximum atomic E-state index is 13.4. The zero-order valence-electron chi connectivity index (χ0n) is 18.9. The smallest absolute Gasteiger partial charge is 0.227 e. The van der Waals surface area contributed by atoms with Gasteiger partial charge < -0.3 is 14.4 Å². The van der Waals surface area contributed by atoms with E-state index < -0.39 is 0 Å². The quantitative estimate of drug-likeness (QED) is 0.623. The summed E-state index contributed by atoms with van der Waals surface area (Å²) >= 11 is 0. The third-order valence-electron chi connectivity index (χ3n) is 5.90. The lowest BCUT2D eigenvalue weighted by Crippen LogP contribution is -2.33. The second-order valence-electron chi connectivity index (χ2n) is 9.02. The van der Waals surface area contributed by atoms with E-state index in [-0.39, 0.29) is 23.8 Å². The van der Waals surface area contributed by atoms with Gasteiger partial charge in [-0.2, -0.15) is 5.10 Å². The van der Waals surface area contributed by atoms with Crippen molar-refractivity contribution in [3.63, 3.8) is 0 Å². The van der Waals surface area contributed by atoms with Crippen LogP contribution in [0.15, 0.2) is 36.5 Å².